The second-order valence-electron chi connectivity index (χ2n) is 6.38. The Kier molecular flexibility index (Phi) is 5.10. The maximum Gasteiger partial charge on any atom is 0.270 e. The van der Waals surface area contributed by atoms with Crippen LogP contribution in [-0.2, 0) is 10.0 Å². The van der Waals surface area contributed by atoms with Gasteiger partial charge in [0.2, 0.25) is 10.0 Å². The minimum absolute atomic E-state index is 0.125. The lowest BCUT2D eigenvalue weighted by atomic mass is 9.74. The first-order valence-electron chi connectivity index (χ1n) is 8.66. The lowest BCUT2D eigenvalue weighted by Gasteiger charge is -2.32. The maximum absolute atomic E-state index is 12.9. The largest absolute Gasteiger partial charge is 0.277 e. The van der Waals surface area contributed by atoms with Crippen LogP contribution < -0.4 is 5.43 Å². The zero-order valence-electron chi connectivity index (χ0n) is 14.8. The van der Waals surface area contributed by atoms with Crippen molar-refractivity contribution in [3.8, 4) is 0 Å². The number of hydrogen-bond acceptors (Lipinski definition) is 6. The van der Waals surface area contributed by atoms with Crippen molar-refractivity contribution in [1.82, 2.24) is 4.31 Å². The first-order valence-corrected chi connectivity index (χ1v) is 10.1. The van der Waals surface area contributed by atoms with Crippen LogP contribution in [0.15, 0.2) is 40.3 Å². The van der Waals surface area contributed by atoms with Gasteiger partial charge in [0.15, 0.2) is 0 Å². The fourth-order valence-corrected chi connectivity index (χ4v) is 5.05. The summed E-state index contributed by atoms with van der Waals surface area (Å²) in [6, 6.07) is 3.78. The summed E-state index contributed by atoms with van der Waals surface area (Å²) in [5, 5.41) is 15.5. The van der Waals surface area contributed by atoms with Crippen molar-refractivity contribution in [3.05, 3.63) is 40.5 Å². The van der Waals surface area contributed by atoms with E-state index in [-0.39, 0.29) is 29.4 Å². The third-order valence-electron chi connectivity index (χ3n) is 4.98. The molecular weight excluding hydrogens is 356 g/mol. The minimum atomic E-state index is -3.86. The zero-order chi connectivity index (χ0) is 18.9. The van der Waals surface area contributed by atoms with E-state index < -0.39 is 14.9 Å². The van der Waals surface area contributed by atoms with E-state index in [1.165, 1.54) is 16.4 Å². The highest BCUT2D eigenvalue weighted by molar-refractivity contribution is 7.89. The minimum Gasteiger partial charge on any atom is -0.277 e. The van der Waals surface area contributed by atoms with E-state index >= 15 is 0 Å². The smallest absolute Gasteiger partial charge is 0.270 e. The average Bonchev–Trinajstić information content (AvgIpc) is 2.96. The summed E-state index contributed by atoms with van der Waals surface area (Å²) >= 11 is 0. The Morgan fingerprint density at radius 1 is 1.35 bits per heavy atom. The van der Waals surface area contributed by atoms with Crippen LogP contribution in [0, 0.1) is 22.0 Å². The number of non-ortho nitro benzene ring substituents is 1. The first kappa shape index (κ1) is 18.5. The van der Waals surface area contributed by atoms with Gasteiger partial charge < -0.3 is 0 Å². The second-order valence-corrected chi connectivity index (χ2v) is 8.29. The summed E-state index contributed by atoms with van der Waals surface area (Å²) in [6.45, 7) is 4.02. The average molecular weight is 378 g/mol. The van der Waals surface area contributed by atoms with Gasteiger partial charge in [-0.05, 0) is 24.8 Å². The summed E-state index contributed by atoms with van der Waals surface area (Å²) in [5.74, 6) is 0.926. The van der Waals surface area contributed by atoms with E-state index in [1.54, 1.807) is 13.8 Å². The molecule has 1 aromatic rings. The number of allylic oxidation sites excluding steroid dienone is 2. The van der Waals surface area contributed by atoms with Crippen molar-refractivity contribution in [2.24, 2.45) is 16.9 Å². The van der Waals surface area contributed by atoms with Gasteiger partial charge in [-0.3, -0.25) is 15.5 Å². The fraction of sp³-hybridized carbons (Fsp3) is 0.471. The van der Waals surface area contributed by atoms with E-state index in [0.29, 0.717) is 11.8 Å². The van der Waals surface area contributed by atoms with Crippen LogP contribution in [0.2, 0.25) is 0 Å². The number of anilines is 1. The Balaban J connectivity index is 1.94. The molecule has 1 aromatic carbocycles. The Morgan fingerprint density at radius 2 is 2.08 bits per heavy atom. The molecule has 0 bridgehead atoms. The summed E-state index contributed by atoms with van der Waals surface area (Å²) < 4.78 is 27.1. The van der Waals surface area contributed by atoms with Crippen LogP contribution in [0.4, 0.5) is 11.4 Å². The van der Waals surface area contributed by atoms with Crippen molar-refractivity contribution in [3.63, 3.8) is 0 Å². The SMILES string of the molecule is CCN(CC)S(=O)(=O)c1cc([N+](=O)[O-])ccc1N/N=C1/CC2C=CCC12. The van der Waals surface area contributed by atoms with E-state index in [9.17, 15) is 18.5 Å². The normalized spacial score (nSPS) is 23.1. The van der Waals surface area contributed by atoms with Crippen LogP contribution in [0.25, 0.3) is 0 Å². The molecule has 2 aliphatic carbocycles. The Labute approximate surface area is 152 Å². The molecule has 3 rings (SSSR count). The fourth-order valence-electron chi connectivity index (χ4n) is 3.43. The van der Waals surface area contributed by atoms with Gasteiger partial charge in [0.05, 0.1) is 10.6 Å². The van der Waals surface area contributed by atoms with Crippen molar-refractivity contribution < 1.29 is 13.3 Å². The molecule has 140 valence electrons. The number of nitro groups is 1. The summed E-state index contributed by atoms with van der Waals surface area (Å²) in [6.07, 6.45) is 6.14. The number of nitrogens with zero attached hydrogens (tertiary/aromatic N) is 3. The van der Waals surface area contributed by atoms with Crippen molar-refractivity contribution in [1.29, 1.82) is 0 Å². The molecule has 0 radical (unpaired) electrons. The highest BCUT2D eigenvalue weighted by Gasteiger charge is 2.38. The predicted octanol–water partition coefficient (Wildman–Crippen LogP) is 2.99. The summed E-state index contributed by atoms with van der Waals surface area (Å²) in [7, 11) is -3.86. The third kappa shape index (κ3) is 3.24. The number of fused-ring (bicyclic) bond motifs is 1. The number of hydrazone groups is 1. The molecule has 0 amide bonds. The molecule has 1 saturated carbocycles. The molecule has 1 fully saturated rings. The molecule has 8 nitrogen and oxygen atoms in total. The van der Waals surface area contributed by atoms with Crippen LogP contribution in [0.5, 0.6) is 0 Å². The number of sulfonamides is 1. The van der Waals surface area contributed by atoms with E-state index in [1.807, 2.05) is 0 Å². The molecule has 2 aliphatic rings. The lowest BCUT2D eigenvalue weighted by Crippen LogP contribution is -2.34. The van der Waals surface area contributed by atoms with Crippen LogP contribution >= 0.6 is 0 Å². The molecule has 26 heavy (non-hydrogen) atoms. The van der Waals surface area contributed by atoms with Gasteiger partial charge in [0.25, 0.3) is 5.69 Å². The third-order valence-corrected chi connectivity index (χ3v) is 7.07. The molecule has 2 unspecified atom stereocenters. The van der Waals surface area contributed by atoms with Crippen LogP contribution in [0.1, 0.15) is 26.7 Å². The van der Waals surface area contributed by atoms with E-state index in [2.05, 4.69) is 22.7 Å². The molecule has 0 heterocycles. The van der Waals surface area contributed by atoms with Gasteiger partial charge in [0.1, 0.15) is 4.90 Å². The summed E-state index contributed by atoms with van der Waals surface area (Å²) in [5.41, 5.74) is 3.83. The molecular formula is C17H22N4O4S. The summed E-state index contributed by atoms with van der Waals surface area (Å²) in [4.78, 5) is 10.4. The standard InChI is InChI=1S/C17H22N4O4S/c1-3-20(4-2)26(24,25)17-11-13(21(22)23)8-9-15(17)18-19-16-10-12-6-5-7-14(12)16/h5-6,8-9,11-12,14,18H,3-4,7,10H2,1-2H3/b19-16-. The monoisotopic (exact) mass is 378 g/mol. The Hall–Kier alpha value is -2.26. The number of nitro benzene ring substituents is 1. The van der Waals surface area contributed by atoms with Gasteiger partial charge in [-0.25, -0.2) is 8.42 Å². The predicted molar refractivity (Wildman–Crippen MR) is 99.6 cm³/mol. The molecule has 1 N–H and O–H groups in total. The quantitative estimate of drug-likeness (QED) is 0.446. The van der Waals surface area contributed by atoms with Crippen LogP contribution in [-0.4, -0.2) is 36.4 Å². The maximum atomic E-state index is 12.9. The topological polar surface area (TPSA) is 105 Å². The van der Waals surface area contributed by atoms with Crippen molar-refractivity contribution in [2.75, 3.05) is 18.5 Å². The number of nitrogens with one attached hydrogen (secondary N) is 1. The van der Waals surface area contributed by atoms with Gasteiger partial charge in [-0.2, -0.15) is 9.41 Å². The molecule has 2 atom stereocenters. The molecule has 9 heteroatoms. The Bertz CT molecular complexity index is 875. The highest BCUT2D eigenvalue weighted by Crippen LogP contribution is 2.40. The molecule has 0 spiro atoms. The van der Waals surface area contributed by atoms with Crippen LogP contribution in [0.3, 0.4) is 0 Å². The molecule has 0 aliphatic heterocycles. The van der Waals surface area contributed by atoms with Crippen molar-refractivity contribution in [2.45, 2.75) is 31.6 Å². The number of benzene rings is 1. The van der Waals surface area contributed by atoms with E-state index in [0.717, 1.165) is 24.6 Å². The second kappa shape index (κ2) is 7.16. The van der Waals surface area contributed by atoms with Gasteiger partial charge in [-0.1, -0.05) is 26.0 Å². The van der Waals surface area contributed by atoms with Gasteiger partial charge in [0, 0.05) is 36.9 Å². The highest BCUT2D eigenvalue weighted by atomic mass is 32.2. The Morgan fingerprint density at radius 3 is 2.69 bits per heavy atom. The van der Waals surface area contributed by atoms with Gasteiger partial charge >= 0.3 is 0 Å². The van der Waals surface area contributed by atoms with Gasteiger partial charge in [-0.15, -0.1) is 0 Å². The zero-order valence-corrected chi connectivity index (χ0v) is 15.6. The lowest BCUT2D eigenvalue weighted by molar-refractivity contribution is -0.385. The van der Waals surface area contributed by atoms with Crippen molar-refractivity contribution >= 4 is 27.1 Å². The molecule has 0 aromatic heterocycles. The number of hydrogen-bond donors (Lipinski definition) is 1. The first-order chi connectivity index (χ1) is 12.4. The number of rotatable bonds is 7. The van der Waals surface area contributed by atoms with E-state index in [4.69, 9.17) is 0 Å². The molecule has 0 saturated heterocycles.